The number of hydrogen-bond acceptors (Lipinski definition) is 2. The maximum Gasteiger partial charge on any atom is 0.251 e. The van der Waals surface area contributed by atoms with E-state index in [1.54, 1.807) is 18.4 Å². The first-order valence-corrected chi connectivity index (χ1v) is 5.24. The lowest BCUT2D eigenvalue weighted by atomic mass is 10.1. The number of aryl methyl sites for hydroxylation is 1. The Bertz CT molecular complexity index is 487. The van der Waals surface area contributed by atoms with Crippen molar-refractivity contribution in [1.82, 2.24) is 5.32 Å². The van der Waals surface area contributed by atoms with Gasteiger partial charge < -0.3 is 5.32 Å². The topological polar surface area (TPSA) is 29.1 Å². The Kier molecular flexibility index (Phi) is 2.25. The lowest BCUT2D eigenvalue weighted by molar-refractivity contribution is 0.0963. The Hall–Kier alpha value is -1.35. The molecule has 0 radical (unpaired) electrons. The number of carbonyl (C=O) groups excluding carboxylic acids is 1. The van der Waals surface area contributed by atoms with E-state index >= 15 is 0 Å². The van der Waals surface area contributed by atoms with Crippen LogP contribution < -0.4 is 5.32 Å². The van der Waals surface area contributed by atoms with Gasteiger partial charge in [-0.2, -0.15) is 0 Å². The van der Waals surface area contributed by atoms with Crippen LogP contribution in [0.5, 0.6) is 0 Å². The van der Waals surface area contributed by atoms with Gasteiger partial charge in [-0.05, 0) is 36.6 Å². The van der Waals surface area contributed by atoms with Gasteiger partial charge in [0, 0.05) is 22.2 Å². The molecule has 2 aromatic rings. The standard InChI is InChI=1S/C11H11NOS/c1-7-5-9-6-8(11(13)12-2)3-4-10(9)14-7/h3-6H,1-2H3,(H,12,13). The van der Waals surface area contributed by atoms with Crippen LogP contribution in [0.2, 0.25) is 0 Å². The van der Waals surface area contributed by atoms with Crippen molar-refractivity contribution in [3.63, 3.8) is 0 Å². The van der Waals surface area contributed by atoms with Gasteiger partial charge in [-0.25, -0.2) is 0 Å². The number of benzene rings is 1. The van der Waals surface area contributed by atoms with Crippen molar-refractivity contribution in [3.05, 3.63) is 34.7 Å². The first-order valence-electron chi connectivity index (χ1n) is 4.43. The predicted molar refractivity (Wildman–Crippen MR) is 60.0 cm³/mol. The minimum atomic E-state index is -0.0317. The minimum Gasteiger partial charge on any atom is -0.355 e. The molecular formula is C11H11NOS. The highest BCUT2D eigenvalue weighted by molar-refractivity contribution is 7.19. The molecule has 0 aliphatic carbocycles. The summed E-state index contributed by atoms with van der Waals surface area (Å²) in [5.74, 6) is -0.0317. The number of rotatable bonds is 1. The van der Waals surface area contributed by atoms with Crippen LogP contribution in [-0.2, 0) is 0 Å². The molecule has 0 bridgehead atoms. The van der Waals surface area contributed by atoms with Crippen LogP contribution in [0.4, 0.5) is 0 Å². The zero-order chi connectivity index (χ0) is 10.1. The van der Waals surface area contributed by atoms with E-state index in [1.165, 1.54) is 9.58 Å². The van der Waals surface area contributed by atoms with Crippen LogP contribution >= 0.6 is 11.3 Å². The van der Waals surface area contributed by atoms with E-state index in [1.807, 2.05) is 18.2 Å². The third-order valence-corrected chi connectivity index (χ3v) is 3.16. The maximum absolute atomic E-state index is 11.4. The molecule has 0 fully saturated rings. The second kappa shape index (κ2) is 3.42. The summed E-state index contributed by atoms with van der Waals surface area (Å²) >= 11 is 1.75. The van der Waals surface area contributed by atoms with Crippen LogP contribution in [0.1, 0.15) is 15.2 Å². The first-order chi connectivity index (χ1) is 6.70. The first kappa shape index (κ1) is 9.21. The molecule has 72 valence electrons. The van der Waals surface area contributed by atoms with Gasteiger partial charge in [0.05, 0.1) is 0 Å². The molecule has 2 rings (SSSR count). The SMILES string of the molecule is CNC(=O)c1ccc2sc(C)cc2c1. The smallest absolute Gasteiger partial charge is 0.251 e. The van der Waals surface area contributed by atoms with E-state index in [2.05, 4.69) is 18.3 Å². The highest BCUT2D eigenvalue weighted by Gasteiger charge is 2.05. The van der Waals surface area contributed by atoms with Crippen molar-refractivity contribution in [3.8, 4) is 0 Å². The van der Waals surface area contributed by atoms with Crippen LogP contribution in [0, 0.1) is 6.92 Å². The van der Waals surface area contributed by atoms with Crippen molar-refractivity contribution in [1.29, 1.82) is 0 Å². The maximum atomic E-state index is 11.4. The average molecular weight is 205 g/mol. The molecule has 0 saturated heterocycles. The molecule has 1 N–H and O–H groups in total. The highest BCUT2D eigenvalue weighted by Crippen LogP contribution is 2.25. The van der Waals surface area contributed by atoms with E-state index in [0.29, 0.717) is 0 Å². The van der Waals surface area contributed by atoms with E-state index in [9.17, 15) is 4.79 Å². The van der Waals surface area contributed by atoms with E-state index in [-0.39, 0.29) is 5.91 Å². The van der Waals surface area contributed by atoms with Gasteiger partial charge >= 0.3 is 0 Å². The van der Waals surface area contributed by atoms with Gasteiger partial charge in [0.2, 0.25) is 0 Å². The van der Waals surface area contributed by atoms with Crippen LogP contribution in [0.15, 0.2) is 24.3 Å². The Morgan fingerprint density at radius 2 is 2.14 bits per heavy atom. The van der Waals surface area contributed by atoms with Gasteiger partial charge in [0.15, 0.2) is 0 Å². The number of nitrogens with one attached hydrogen (secondary N) is 1. The monoisotopic (exact) mass is 205 g/mol. The third kappa shape index (κ3) is 1.51. The molecule has 14 heavy (non-hydrogen) atoms. The van der Waals surface area contributed by atoms with Gasteiger partial charge in [0.1, 0.15) is 0 Å². The Labute approximate surface area is 86.6 Å². The Morgan fingerprint density at radius 1 is 1.36 bits per heavy atom. The highest BCUT2D eigenvalue weighted by atomic mass is 32.1. The molecule has 1 aromatic carbocycles. The van der Waals surface area contributed by atoms with Crippen molar-refractivity contribution < 1.29 is 4.79 Å². The summed E-state index contributed by atoms with van der Waals surface area (Å²) in [7, 11) is 1.64. The fourth-order valence-electron chi connectivity index (χ4n) is 1.46. The predicted octanol–water partition coefficient (Wildman–Crippen LogP) is 2.57. The number of thiophene rings is 1. The molecular weight excluding hydrogens is 194 g/mol. The van der Waals surface area contributed by atoms with Gasteiger partial charge in [-0.15, -0.1) is 11.3 Å². The van der Waals surface area contributed by atoms with Crippen molar-refractivity contribution >= 4 is 27.3 Å². The molecule has 3 heteroatoms. The second-order valence-electron chi connectivity index (χ2n) is 3.19. The molecule has 2 nitrogen and oxygen atoms in total. The molecule has 1 heterocycles. The van der Waals surface area contributed by atoms with Crippen molar-refractivity contribution in [2.75, 3.05) is 7.05 Å². The van der Waals surface area contributed by atoms with Crippen LogP contribution in [0.3, 0.4) is 0 Å². The quantitative estimate of drug-likeness (QED) is 0.761. The summed E-state index contributed by atoms with van der Waals surface area (Å²) in [4.78, 5) is 12.6. The molecule has 0 spiro atoms. The van der Waals surface area contributed by atoms with E-state index < -0.39 is 0 Å². The van der Waals surface area contributed by atoms with Crippen LogP contribution in [0.25, 0.3) is 10.1 Å². The van der Waals surface area contributed by atoms with Gasteiger partial charge in [-0.3, -0.25) is 4.79 Å². The molecule has 0 aliphatic rings. The Morgan fingerprint density at radius 3 is 2.86 bits per heavy atom. The van der Waals surface area contributed by atoms with Crippen molar-refractivity contribution in [2.45, 2.75) is 6.92 Å². The lowest BCUT2D eigenvalue weighted by Gasteiger charge is -1.98. The van der Waals surface area contributed by atoms with E-state index in [4.69, 9.17) is 0 Å². The fourth-order valence-corrected chi connectivity index (χ4v) is 2.37. The number of carbonyl (C=O) groups is 1. The number of fused-ring (bicyclic) bond motifs is 1. The molecule has 1 amide bonds. The van der Waals surface area contributed by atoms with Gasteiger partial charge in [-0.1, -0.05) is 0 Å². The molecule has 0 unspecified atom stereocenters. The zero-order valence-electron chi connectivity index (χ0n) is 8.13. The number of amides is 1. The molecule has 1 aromatic heterocycles. The fraction of sp³-hybridized carbons (Fsp3) is 0.182. The summed E-state index contributed by atoms with van der Waals surface area (Å²) in [6.45, 7) is 2.07. The minimum absolute atomic E-state index is 0.0317. The molecule has 0 saturated carbocycles. The average Bonchev–Trinajstić information content (AvgIpc) is 2.55. The molecule has 0 atom stereocenters. The second-order valence-corrected chi connectivity index (χ2v) is 4.48. The third-order valence-electron chi connectivity index (χ3n) is 2.13. The summed E-state index contributed by atoms with van der Waals surface area (Å²) in [5, 5.41) is 3.76. The zero-order valence-corrected chi connectivity index (χ0v) is 8.94. The summed E-state index contributed by atoms with van der Waals surface area (Å²) < 4.78 is 1.23. The number of hydrogen-bond donors (Lipinski definition) is 1. The summed E-state index contributed by atoms with van der Waals surface area (Å²) in [5.41, 5.74) is 0.720. The lowest BCUT2D eigenvalue weighted by Crippen LogP contribution is -2.17. The van der Waals surface area contributed by atoms with Crippen molar-refractivity contribution in [2.24, 2.45) is 0 Å². The summed E-state index contributed by atoms with van der Waals surface area (Å²) in [6, 6.07) is 7.89. The van der Waals surface area contributed by atoms with Gasteiger partial charge in [0.25, 0.3) is 5.91 Å². The van der Waals surface area contributed by atoms with Crippen LogP contribution in [-0.4, -0.2) is 13.0 Å². The van der Waals surface area contributed by atoms with E-state index in [0.717, 1.165) is 10.9 Å². The normalized spacial score (nSPS) is 10.4. The Balaban J connectivity index is 2.55. The largest absolute Gasteiger partial charge is 0.355 e. The molecule has 0 aliphatic heterocycles. The summed E-state index contributed by atoms with van der Waals surface area (Å²) in [6.07, 6.45) is 0.